The Labute approximate surface area is 80.4 Å². The van der Waals surface area contributed by atoms with E-state index in [0.29, 0.717) is 6.54 Å². The smallest absolute Gasteiger partial charge is 0.211 e. The Bertz CT molecular complexity index is 179. The Morgan fingerprint density at radius 3 is 2.69 bits per heavy atom. The molecule has 0 N–H and O–H groups in total. The van der Waals surface area contributed by atoms with Crippen LogP contribution in [0.25, 0.3) is 0 Å². The van der Waals surface area contributed by atoms with Crippen LogP contribution in [-0.2, 0) is 4.79 Å². The molecule has 1 fully saturated rings. The molecule has 2 nitrogen and oxygen atoms in total. The van der Waals surface area contributed by atoms with Gasteiger partial charge in [0.25, 0.3) is 0 Å². The first-order chi connectivity index (χ1) is 6.34. The van der Waals surface area contributed by atoms with Crippen LogP contribution >= 0.6 is 0 Å². The molecule has 1 aliphatic rings. The number of hydrogen-bond acceptors (Lipinski definition) is 2. The van der Waals surface area contributed by atoms with Crippen molar-refractivity contribution in [3.63, 3.8) is 0 Å². The van der Waals surface area contributed by atoms with E-state index in [0.717, 1.165) is 18.3 Å². The molecule has 1 aliphatic carbocycles. The number of rotatable bonds is 4. The molecule has 0 aromatic rings. The second kappa shape index (κ2) is 5.93. The molecular weight excluding hydrogens is 162 g/mol. The maximum absolute atomic E-state index is 9.87. The summed E-state index contributed by atoms with van der Waals surface area (Å²) in [7, 11) is 0. The number of nitrogens with zero attached hydrogens (tertiary/aromatic N) is 1. The summed E-state index contributed by atoms with van der Waals surface area (Å²) >= 11 is 0. The molecule has 2 heteroatoms. The van der Waals surface area contributed by atoms with Crippen molar-refractivity contribution in [1.82, 2.24) is 0 Å². The van der Waals surface area contributed by atoms with Crippen molar-refractivity contribution in [3.8, 4) is 0 Å². The molecular formula is C11H19NO. The molecule has 1 unspecified atom stereocenters. The van der Waals surface area contributed by atoms with Crippen LogP contribution in [0.15, 0.2) is 4.99 Å². The maximum Gasteiger partial charge on any atom is 0.234 e. The molecule has 1 atom stereocenters. The zero-order chi connectivity index (χ0) is 9.52. The van der Waals surface area contributed by atoms with Gasteiger partial charge in [-0.15, -0.1) is 0 Å². The fourth-order valence-electron chi connectivity index (χ4n) is 2.25. The monoisotopic (exact) mass is 181 g/mol. The lowest BCUT2D eigenvalue weighted by molar-refractivity contribution is 0.255. The molecule has 0 heterocycles. The summed E-state index contributed by atoms with van der Waals surface area (Å²) in [6, 6.07) is 0. The molecule has 13 heavy (non-hydrogen) atoms. The third-order valence-corrected chi connectivity index (χ3v) is 3.22. The Kier molecular flexibility index (Phi) is 4.77. The molecule has 0 amide bonds. The van der Waals surface area contributed by atoms with Gasteiger partial charge in [-0.1, -0.05) is 39.0 Å². The summed E-state index contributed by atoms with van der Waals surface area (Å²) < 4.78 is 0. The highest BCUT2D eigenvalue weighted by Crippen LogP contribution is 2.31. The molecule has 74 valence electrons. The zero-order valence-corrected chi connectivity index (χ0v) is 8.46. The van der Waals surface area contributed by atoms with Crippen LogP contribution in [-0.4, -0.2) is 12.6 Å². The first kappa shape index (κ1) is 10.5. The van der Waals surface area contributed by atoms with Crippen LogP contribution in [0, 0.1) is 11.8 Å². The highest BCUT2D eigenvalue weighted by Gasteiger charge is 2.19. The summed E-state index contributed by atoms with van der Waals surface area (Å²) in [5, 5.41) is 0. The second-order valence-electron chi connectivity index (χ2n) is 4.14. The van der Waals surface area contributed by atoms with E-state index in [1.165, 1.54) is 32.1 Å². The van der Waals surface area contributed by atoms with Crippen LogP contribution in [0.4, 0.5) is 0 Å². The standard InChI is InChI=1S/C11H19NO/c1-10(7-8-12-9-13)11-5-3-2-4-6-11/h10-11H,2-8H2,1H3. The van der Waals surface area contributed by atoms with Crippen molar-refractivity contribution in [2.24, 2.45) is 16.8 Å². The topological polar surface area (TPSA) is 29.4 Å². The van der Waals surface area contributed by atoms with Gasteiger partial charge in [0.15, 0.2) is 0 Å². The van der Waals surface area contributed by atoms with Crippen molar-refractivity contribution >= 4 is 6.08 Å². The van der Waals surface area contributed by atoms with Crippen LogP contribution in [0.2, 0.25) is 0 Å². The first-order valence-electron chi connectivity index (χ1n) is 5.38. The van der Waals surface area contributed by atoms with Gasteiger partial charge in [-0.2, -0.15) is 0 Å². The van der Waals surface area contributed by atoms with E-state index in [1.807, 2.05) is 0 Å². The minimum absolute atomic E-state index is 0.668. The van der Waals surface area contributed by atoms with Gasteiger partial charge in [0.1, 0.15) is 0 Å². The van der Waals surface area contributed by atoms with Gasteiger partial charge in [0, 0.05) is 0 Å². The largest absolute Gasteiger partial charge is 0.234 e. The average Bonchev–Trinajstić information content (AvgIpc) is 2.19. The van der Waals surface area contributed by atoms with E-state index in [4.69, 9.17) is 0 Å². The lowest BCUT2D eigenvalue weighted by atomic mass is 9.79. The zero-order valence-electron chi connectivity index (χ0n) is 8.46. The maximum atomic E-state index is 9.87. The lowest BCUT2D eigenvalue weighted by Crippen LogP contribution is -2.15. The van der Waals surface area contributed by atoms with Crippen LogP contribution in [0.1, 0.15) is 45.4 Å². The summed E-state index contributed by atoms with van der Waals surface area (Å²) in [6.07, 6.45) is 9.62. The predicted molar refractivity (Wildman–Crippen MR) is 53.3 cm³/mol. The highest BCUT2D eigenvalue weighted by atomic mass is 16.1. The van der Waals surface area contributed by atoms with Crippen LogP contribution < -0.4 is 0 Å². The Hall–Kier alpha value is -0.620. The Morgan fingerprint density at radius 2 is 2.08 bits per heavy atom. The third-order valence-electron chi connectivity index (χ3n) is 3.22. The predicted octanol–water partition coefficient (Wildman–Crippen LogP) is 2.93. The van der Waals surface area contributed by atoms with E-state index in [1.54, 1.807) is 6.08 Å². The minimum atomic E-state index is 0.668. The van der Waals surface area contributed by atoms with Gasteiger partial charge in [-0.05, 0) is 18.3 Å². The van der Waals surface area contributed by atoms with Crippen molar-refractivity contribution in [2.45, 2.75) is 45.4 Å². The van der Waals surface area contributed by atoms with E-state index in [9.17, 15) is 4.79 Å². The van der Waals surface area contributed by atoms with E-state index in [2.05, 4.69) is 11.9 Å². The van der Waals surface area contributed by atoms with Gasteiger partial charge < -0.3 is 0 Å². The molecule has 1 saturated carbocycles. The normalized spacial score (nSPS) is 20.7. The van der Waals surface area contributed by atoms with Gasteiger partial charge in [0.2, 0.25) is 6.08 Å². The van der Waals surface area contributed by atoms with Crippen molar-refractivity contribution in [2.75, 3.05) is 6.54 Å². The van der Waals surface area contributed by atoms with E-state index in [-0.39, 0.29) is 0 Å². The van der Waals surface area contributed by atoms with Gasteiger partial charge >= 0.3 is 0 Å². The molecule has 0 spiro atoms. The van der Waals surface area contributed by atoms with Crippen molar-refractivity contribution in [3.05, 3.63) is 0 Å². The summed E-state index contributed by atoms with van der Waals surface area (Å²) in [5.74, 6) is 1.62. The van der Waals surface area contributed by atoms with Gasteiger partial charge in [0.05, 0.1) is 6.54 Å². The molecule has 0 aliphatic heterocycles. The van der Waals surface area contributed by atoms with Crippen LogP contribution in [0.5, 0.6) is 0 Å². The summed E-state index contributed by atoms with van der Waals surface area (Å²) in [5.41, 5.74) is 0. The molecule has 1 rings (SSSR count). The lowest BCUT2D eigenvalue weighted by Gasteiger charge is -2.27. The minimum Gasteiger partial charge on any atom is -0.211 e. The summed E-state index contributed by atoms with van der Waals surface area (Å²) in [4.78, 5) is 13.5. The second-order valence-corrected chi connectivity index (χ2v) is 4.14. The summed E-state index contributed by atoms with van der Waals surface area (Å²) in [6.45, 7) is 2.96. The number of carbonyl (C=O) groups excluding carboxylic acids is 1. The van der Waals surface area contributed by atoms with Crippen molar-refractivity contribution < 1.29 is 4.79 Å². The quantitative estimate of drug-likeness (QED) is 0.484. The number of isocyanates is 1. The number of hydrogen-bond donors (Lipinski definition) is 0. The first-order valence-corrected chi connectivity index (χ1v) is 5.38. The van der Waals surface area contributed by atoms with Gasteiger partial charge in [-0.25, -0.2) is 9.79 Å². The van der Waals surface area contributed by atoms with E-state index >= 15 is 0 Å². The molecule has 0 radical (unpaired) electrons. The molecule has 0 saturated heterocycles. The SMILES string of the molecule is CC(CCN=C=O)C1CCCCC1. The molecule has 0 aromatic heterocycles. The van der Waals surface area contributed by atoms with E-state index < -0.39 is 0 Å². The van der Waals surface area contributed by atoms with Crippen LogP contribution in [0.3, 0.4) is 0 Å². The fraction of sp³-hybridized carbons (Fsp3) is 0.909. The average molecular weight is 181 g/mol. The third kappa shape index (κ3) is 3.73. The van der Waals surface area contributed by atoms with Crippen molar-refractivity contribution in [1.29, 1.82) is 0 Å². The molecule has 0 bridgehead atoms. The fourth-order valence-corrected chi connectivity index (χ4v) is 2.25. The number of aliphatic imine (C=N–C) groups is 1. The Morgan fingerprint density at radius 1 is 1.38 bits per heavy atom. The van der Waals surface area contributed by atoms with Gasteiger partial charge in [-0.3, -0.25) is 0 Å². The highest BCUT2D eigenvalue weighted by molar-refractivity contribution is 5.32. The Balaban J connectivity index is 2.20. The molecule has 0 aromatic carbocycles.